The van der Waals surface area contributed by atoms with Crippen molar-refractivity contribution in [3.05, 3.63) is 35.4 Å². The van der Waals surface area contributed by atoms with Crippen LogP contribution in [0.2, 0.25) is 0 Å². The van der Waals surface area contributed by atoms with E-state index in [4.69, 9.17) is 9.47 Å². The van der Waals surface area contributed by atoms with Crippen molar-refractivity contribution < 1.29 is 19.1 Å². The van der Waals surface area contributed by atoms with Crippen molar-refractivity contribution in [3.8, 4) is 0 Å². The fourth-order valence-electron chi connectivity index (χ4n) is 1.61. The zero-order valence-electron chi connectivity index (χ0n) is 10.9. The van der Waals surface area contributed by atoms with Gasteiger partial charge in [-0.05, 0) is 19.4 Å². The van der Waals surface area contributed by atoms with Gasteiger partial charge in [-0.3, -0.25) is 9.59 Å². The van der Waals surface area contributed by atoms with Gasteiger partial charge in [0.15, 0.2) is 5.78 Å². The Balaban J connectivity index is 2.92. The molecule has 4 nitrogen and oxygen atoms in total. The zero-order chi connectivity index (χ0) is 13.5. The Morgan fingerprint density at radius 1 is 1.28 bits per heavy atom. The van der Waals surface area contributed by atoms with Crippen molar-refractivity contribution in [2.24, 2.45) is 0 Å². The van der Waals surface area contributed by atoms with Gasteiger partial charge < -0.3 is 9.47 Å². The van der Waals surface area contributed by atoms with Crippen LogP contribution in [0.4, 0.5) is 0 Å². The molecule has 4 heteroatoms. The van der Waals surface area contributed by atoms with E-state index >= 15 is 0 Å². The van der Waals surface area contributed by atoms with E-state index in [-0.39, 0.29) is 18.2 Å². The van der Waals surface area contributed by atoms with Crippen LogP contribution < -0.4 is 0 Å². The minimum Gasteiger partial charge on any atom is -0.466 e. The average Bonchev–Trinajstić information content (AvgIpc) is 2.38. The molecule has 1 aromatic rings. The number of Topliss-reactive ketones (excluding diaryl/α,β-unsaturated/α-hetero) is 1. The highest BCUT2D eigenvalue weighted by Gasteiger charge is 2.18. The van der Waals surface area contributed by atoms with Crippen LogP contribution in [0.5, 0.6) is 0 Å². The molecule has 1 unspecified atom stereocenters. The zero-order valence-corrected chi connectivity index (χ0v) is 10.9. The van der Waals surface area contributed by atoms with Crippen LogP contribution in [0.25, 0.3) is 0 Å². The summed E-state index contributed by atoms with van der Waals surface area (Å²) in [7, 11) is 1.48. The molecule has 0 aliphatic carbocycles. The van der Waals surface area contributed by atoms with Gasteiger partial charge >= 0.3 is 5.97 Å². The number of carbonyl (C=O) groups is 2. The normalized spacial score (nSPS) is 11.9. The third kappa shape index (κ3) is 3.67. The molecule has 1 rings (SSSR count). The molecule has 0 saturated heterocycles. The lowest BCUT2D eigenvalue weighted by atomic mass is 9.98. The maximum Gasteiger partial charge on any atom is 0.310 e. The predicted molar refractivity (Wildman–Crippen MR) is 67.6 cm³/mol. The van der Waals surface area contributed by atoms with E-state index in [0.29, 0.717) is 17.7 Å². The van der Waals surface area contributed by atoms with Gasteiger partial charge in [0, 0.05) is 12.7 Å². The van der Waals surface area contributed by atoms with Crippen molar-refractivity contribution in [2.75, 3.05) is 13.7 Å². The third-order valence-electron chi connectivity index (χ3n) is 2.65. The van der Waals surface area contributed by atoms with Crippen molar-refractivity contribution in [1.29, 1.82) is 0 Å². The minimum atomic E-state index is -0.520. The first kappa shape index (κ1) is 14.4. The summed E-state index contributed by atoms with van der Waals surface area (Å²) in [5.74, 6) is -0.458. The summed E-state index contributed by atoms with van der Waals surface area (Å²) >= 11 is 0. The van der Waals surface area contributed by atoms with Gasteiger partial charge in [0.1, 0.15) is 6.10 Å². The van der Waals surface area contributed by atoms with E-state index in [1.54, 1.807) is 38.1 Å². The Kier molecular flexibility index (Phi) is 5.52. The van der Waals surface area contributed by atoms with Crippen LogP contribution in [0.15, 0.2) is 24.3 Å². The van der Waals surface area contributed by atoms with Crippen LogP contribution in [0.3, 0.4) is 0 Å². The molecular formula is C14H18O4. The molecule has 0 spiro atoms. The number of rotatable bonds is 6. The van der Waals surface area contributed by atoms with E-state index in [1.807, 2.05) is 0 Å². The number of ether oxygens (including phenoxy) is 2. The lowest BCUT2D eigenvalue weighted by molar-refractivity contribution is -0.142. The highest BCUT2D eigenvalue weighted by molar-refractivity contribution is 6.01. The summed E-state index contributed by atoms with van der Waals surface area (Å²) in [6.45, 7) is 3.77. The Labute approximate surface area is 107 Å². The molecule has 0 radical (unpaired) electrons. The molecule has 98 valence electrons. The van der Waals surface area contributed by atoms with Gasteiger partial charge in [0.2, 0.25) is 0 Å². The Bertz CT molecular complexity index is 426. The second kappa shape index (κ2) is 6.91. The van der Waals surface area contributed by atoms with Crippen molar-refractivity contribution in [1.82, 2.24) is 0 Å². The number of benzene rings is 1. The summed E-state index contributed by atoms with van der Waals surface area (Å²) in [6, 6.07) is 7.02. The van der Waals surface area contributed by atoms with Gasteiger partial charge in [-0.2, -0.15) is 0 Å². The van der Waals surface area contributed by atoms with Gasteiger partial charge in [-0.1, -0.05) is 24.3 Å². The van der Waals surface area contributed by atoms with E-state index in [1.165, 1.54) is 7.11 Å². The fourth-order valence-corrected chi connectivity index (χ4v) is 1.61. The quantitative estimate of drug-likeness (QED) is 0.572. The number of methoxy groups -OCH3 is 1. The summed E-state index contributed by atoms with van der Waals surface area (Å²) in [5, 5.41) is 0. The highest BCUT2D eigenvalue weighted by Crippen LogP contribution is 2.14. The monoisotopic (exact) mass is 250 g/mol. The first-order chi connectivity index (χ1) is 8.60. The Morgan fingerprint density at radius 3 is 2.56 bits per heavy atom. The summed E-state index contributed by atoms with van der Waals surface area (Å²) in [6.07, 6.45) is -0.417. The molecule has 0 bridgehead atoms. The number of carbonyl (C=O) groups excluding carboxylic acids is 2. The summed E-state index contributed by atoms with van der Waals surface area (Å²) in [5.41, 5.74) is 1.18. The van der Waals surface area contributed by atoms with Crippen molar-refractivity contribution >= 4 is 11.8 Å². The van der Waals surface area contributed by atoms with Gasteiger partial charge in [0.25, 0.3) is 0 Å². The molecule has 0 fully saturated rings. The average molecular weight is 250 g/mol. The van der Waals surface area contributed by atoms with E-state index in [9.17, 15) is 9.59 Å². The van der Waals surface area contributed by atoms with Crippen LogP contribution in [0, 0.1) is 0 Å². The van der Waals surface area contributed by atoms with Gasteiger partial charge in [-0.25, -0.2) is 0 Å². The second-order valence-electron chi connectivity index (χ2n) is 3.88. The largest absolute Gasteiger partial charge is 0.466 e. The SMILES string of the molecule is CCOC(=O)Cc1ccccc1C(=O)C(C)OC. The maximum absolute atomic E-state index is 12.1. The first-order valence-electron chi connectivity index (χ1n) is 5.90. The first-order valence-corrected chi connectivity index (χ1v) is 5.90. The Morgan fingerprint density at radius 2 is 1.94 bits per heavy atom. The molecule has 0 heterocycles. The van der Waals surface area contributed by atoms with Crippen molar-refractivity contribution in [3.63, 3.8) is 0 Å². The number of esters is 1. The van der Waals surface area contributed by atoms with Crippen LogP contribution in [-0.2, 0) is 20.7 Å². The Hall–Kier alpha value is -1.68. The van der Waals surface area contributed by atoms with Crippen LogP contribution in [-0.4, -0.2) is 31.6 Å². The summed E-state index contributed by atoms with van der Waals surface area (Å²) < 4.78 is 9.89. The molecule has 0 aliphatic rings. The second-order valence-corrected chi connectivity index (χ2v) is 3.88. The standard InChI is InChI=1S/C14H18O4/c1-4-18-13(15)9-11-7-5-6-8-12(11)14(16)10(2)17-3/h5-8,10H,4,9H2,1-3H3. The number of ketones is 1. The topological polar surface area (TPSA) is 52.6 Å². The molecule has 1 atom stereocenters. The molecule has 18 heavy (non-hydrogen) atoms. The maximum atomic E-state index is 12.1. The van der Waals surface area contributed by atoms with E-state index < -0.39 is 6.10 Å². The molecule has 0 saturated carbocycles. The minimum absolute atomic E-state index is 0.103. The fraction of sp³-hybridized carbons (Fsp3) is 0.429. The molecular weight excluding hydrogens is 232 g/mol. The van der Waals surface area contributed by atoms with Crippen LogP contribution in [0.1, 0.15) is 29.8 Å². The summed E-state index contributed by atoms with van der Waals surface area (Å²) in [4.78, 5) is 23.5. The van der Waals surface area contributed by atoms with Crippen molar-refractivity contribution in [2.45, 2.75) is 26.4 Å². The molecule has 0 amide bonds. The lowest BCUT2D eigenvalue weighted by Gasteiger charge is -2.12. The number of hydrogen-bond acceptors (Lipinski definition) is 4. The third-order valence-corrected chi connectivity index (χ3v) is 2.65. The van der Waals surface area contributed by atoms with E-state index in [0.717, 1.165) is 0 Å². The molecule has 1 aromatic carbocycles. The van der Waals surface area contributed by atoms with E-state index in [2.05, 4.69) is 0 Å². The lowest BCUT2D eigenvalue weighted by Crippen LogP contribution is -2.21. The predicted octanol–water partition coefficient (Wildman–Crippen LogP) is 2.01. The highest BCUT2D eigenvalue weighted by atomic mass is 16.5. The molecule has 0 N–H and O–H groups in total. The molecule has 0 aliphatic heterocycles. The van der Waals surface area contributed by atoms with Crippen LogP contribution >= 0.6 is 0 Å². The van der Waals surface area contributed by atoms with Gasteiger partial charge in [0.05, 0.1) is 13.0 Å². The number of hydrogen-bond donors (Lipinski definition) is 0. The van der Waals surface area contributed by atoms with Gasteiger partial charge in [-0.15, -0.1) is 0 Å². The molecule has 0 aromatic heterocycles. The smallest absolute Gasteiger partial charge is 0.310 e.